The number of hydrogen-bond acceptors (Lipinski definition) is 9. The summed E-state index contributed by atoms with van der Waals surface area (Å²) >= 11 is 1.34. The fraction of sp³-hybridized carbons (Fsp3) is 0.800. The Kier molecular flexibility index (Phi) is 15.0. The van der Waals surface area contributed by atoms with E-state index in [0.29, 0.717) is 32.1 Å². The molecule has 11 nitrogen and oxygen atoms in total. The van der Waals surface area contributed by atoms with E-state index in [0.717, 1.165) is 7.11 Å². The van der Waals surface area contributed by atoms with Gasteiger partial charge in [-0.25, -0.2) is 14.3 Å². The number of hydrogen-bond donors (Lipinski definition) is 2. The number of unbranched alkanes of at least 4 members (excludes halogenated alkanes) is 5. The number of aliphatic carboxylic acids is 1. The second kappa shape index (κ2) is 16.4. The Hall–Kier alpha value is -2.01. The van der Waals surface area contributed by atoms with E-state index in [9.17, 15) is 57.9 Å². The normalized spacial score (nSPS) is 19.9. The highest BCUT2D eigenvalue weighted by Gasteiger charge is 2.75. The van der Waals surface area contributed by atoms with E-state index >= 15 is 0 Å². The van der Waals surface area contributed by atoms with Crippen LogP contribution in [-0.2, 0) is 38.1 Å². The van der Waals surface area contributed by atoms with Crippen molar-refractivity contribution in [2.24, 2.45) is 0 Å². The van der Waals surface area contributed by atoms with Crippen LogP contribution in [0.5, 0.6) is 0 Å². The average Bonchev–Trinajstić information content (AvgIpc) is 2.86. The van der Waals surface area contributed by atoms with Crippen molar-refractivity contribution in [1.82, 2.24) is 5.32 Å². The lowest BCUT2D eigenvalue weighted by molar-refractivity contribution is -0.456. The molecule has 1 saturated carbocycles. The number of alkyl halides is 9. The molecule has 1 amide bonds. The Balaban J connectivity index is 2.83. The summed E-state index contributed by atoms with van der Waals surface area (Å²) in [7, 11) is -6.07. The van der Waals surface area contributed by atoms with Gasteiger partial charge in [-0.3, -0.25) is 8.98 Å². The fourth-order valence-electron chi connectivity index (χ4n) is 4.21. The third-order valence-electron chi connectivity index (χ3n) is 6.57. The van der Waals surface area contributed by atoms with Crippen molar-refractivity contribution >= 4 is 50.7 Å². The fourth-order valence-corrected chi connectivity index (χ4v) is 6.15. The van der Waals surface area contributed by atoms with E-state index in [1.165, 1.54) is 29.5 Å². The van der Waals surface area contributed by atoms with E-state index in [-0.39, 0.29) is 25.0 Å². The van der Waals surface area contributed by atoms with Crippen LogP contribution in [0.3, 0.4) is 0 Å². The molecule has 0 saturated heterocycles. The van der Waals surface area contributed by atoms with Crippen LogP contribution in [0.25, 0.3) is 0 Å². The van der Waals surface area contributed by atoms with Gasteiger partial charge in [0.1, 0.15) is 5.54 Å². The lowest BCUT2D eigenvalue weighted by atomic mass is 9.74. The number of halogens is 9. The number of nitrogens with one attached hydrogen (secondary N) is 1. The molecule has 1 aliphatic carbocycles. The van der Waals surface area contributed by atoms with Crippen LogP contribution in [0.15, 0.2) is 12.3 Å². The molecule has 0 heterocycles. The smallest absolute Gasteiger partial charge is 0.460 e. The maximum atomic E-state index is 14.4. The second-order valence-corrected chi connectivity index (χ2v) is 14.0. The van der Waals surface area contributed by atoms with Crippen molar-refractivity contribution in [2.75, 3.05) is 7.11 Å². The molecule has 268 valence electrons. The molecule has 0 bridgehead atoms. The number of carbonyl (C=O) groups is 3. The van der Waals surface area contributed by atoms with E-state index in [1.54, 1.807) is 0 Å². The van der Waals surface area contributed by atoms with Gasteiger partial charge in [-0.05, 0) is 19.8 Å². The summed E-state index contributed by atoms with van der Waals surface area (Å²) in [4.78, 5) is 34.4. The number of ether oxygens (including phenoxy) is 3. The highest BCUT2D eigenvalue weighted by Crippen LogP contribution is 2.50. The average molecular weight is 819 g/mol. The predicted octanol–water partition coefficient (Wildman–Crippen LogP) is 6.50. The molecular formula is C25H34F8INO10S. The lowest BCUT2D eigenvalue weighted by Gasteiger charge is -2.44. The maximum Gasteiger partial charge on any atom is 0.460 e. The van der Waals surface area contributed by atoms with Crippen LogP contribution in [0, 0.1) is 0 Å². The molecule has 21 heteroatoms. The van der Waals surface area contributed by atoms with Crippen molar-refractivity contribution in [3.63, 3.8) is 0 Å². The Morgan fingerprint density at radius 3 is 2.00 bits per heavy atom. The first-order valence-corrected chi connectivity index (χ1v) is 16.2. The van der Waals surface area contributed by atoms with Gasteiger partial charge in [-0.2, -0.15) is 43.5 Å². The zero-order chi connectivity index (χ0) is 35.8. The molecule has 1 fully saturated rings. The van der Waals surface area contributed by atoms with E-state index in [2.05, 4.69) is 25.0 Å². The summed E-state index contributed by atoms with van der Waals surface area (Å²) in [5.74, 6) is -7.81. The number of alkyl carbamates (subject to hydrolysis) is 1. The first-order chi connectivity index (χ1) is 20.8. The van der Waals surface area contributed by atoms with Crippen LogP contribution < -0.4 is 5.32 Å². The number of allylic oxidation sites excluding steroid dienone is 1. The van der Waals surface area contributed by atoms with Gasteiger partial charge in [-0.15, -0.1) is 0 Å². The van der Waals surface area contributed by atoms with Crippen LogP contribution in [0.4, 0.5) is 39.9 Å². The van der Waals surface area contributed by atoms with Gasteiger partial charge in [0.2, 0.25) is 0 Å². The second-order valence-electron chi connectivity index (χ2n) is 10.6. The molecule has 0 aliphatic heterocycles. The molecule has 0 radical (unpaired) electrons. The van der Waals surface area contributed by atoms with Crippen molar-refractivity contribution in [3.8, 4) is 0 Å². The topological polar surface area (TPSA) is 155 Å². The first-order valence-electron chi connectivity index (χ1n) is 13.6. The summed E-state index contributed by atoms with van der Waals surface area (Å²) < 4.78 is 153. The third-order valence-corrected chi connectivity index (χ3v) is 9.02. The van der Waals surface area contributed by atoms with Crippen LogP contribution in [-0.4, -0.2) is 77.6 Å². The van der Waals surface area contributed by atoms with Crippen LogP contribution >= 0.6 is 22.6 Å². The first kappa shape index (κ1) is 42.0. The molecule has 1 unspecified atom stereocenters. The molecule has 46 heavy (non-hydrogen) atoms. The summed E-state index contributed by atoms with van der Waals surface area (Å²) in [5.41, 5.74) is -2.12. The van der Waals surface area contributed by atoms with E-state index in [1.807, 2.05) is 5.32 Å². The number of amides is 1. The van der Waals surface area contributed by atoms with Gasteiger partial charge >= 0.3 is 51.5 Å². The van der Waals surface area contributed by atoms with Gasteiger partial charge in [0.05, 0.1) is 19.0 Å². The molecule has 0 aromatic rings. The SMILES string of the molecule is C=C(C)OC(=O)NC1(C(=O)OC)CC(OS(=O)(=O)C(F)(F)C(F)(F)OC(F)(F)C(F)(F)CC(I)CCCCCCCCC(=O)O)C1. The number of carboxylic acids is 1. The summed E-state index contributed by atoms with van der Waals surface area (Å²) in [6.07, 6.45) is -17.2. The zero-order valence-electron chi connectivity index (χ0n) is 24.6. The van der Waals surface area contributed by atoms with Crippen molar-refractivity contribution in [1.29, 1.82) is 0 Å². The minimum atomic E-state index is -6.90. The number of carboxylic acid groups (broad SMARTS) is 1. The molecule has 1 atom stereocenters. The number of methoxy groups -OCH3 is 1. The molecule has 0 aromatic carbocycles. The Morgan fingerprint density at radius 2 is 1.50 bits per heavy atom. The van der Waals surface area contributed by atoms with Crippen LogP contribution in [0.1, 0.15) is 77.6 Å². The molecule has 1 rings (SSSR count). The molecule has 2 N–H and O–H groups in total. The Morgan fingerprint density at radius 1 is 0.978 bits per heavy atom. The largest absolute Gasteiger partial charge is 0.481 e. The Bertz CT molecular complexity index is 1200. The van der Waals surface area contributed by atoms with Crippen molar-refractivity contribution in [3.05, 3.63) is 12.3 Å². The standard InChI is InChI=1S/C25H34F8INO10S/c1-15(2)43-20(39)35-21(19(38)42-3)13-17(14-21)44-46(40,41)25(32,33)24(30,31)45-23(28,29)22(26,27)12-16(34)10-8-6-4-5-7-9-11-18(36)37/h16-17H,1,4-14H2,2-3H3,(H,35,39)(H,36,37). The third kappa shape index (κ3) is 11.3. The molecule has 0 aromatic heterocycles. The van der Waals surface area contributed by atoms with Crippen LogP contribution in [0.2, 0.25) is 0 Å². The minimum absolute atomic E-state index is 0.0170. The predicted molar refractivity (Wildman–Crippen MR) is 150 cm³/mol. The molecule has 1 aliphatic rings. The van der Waals surface area contributed by atoms with Crippen molar-refractivity contribution in [2.45, 2.75) is 117 Å². The maximum absolute atomic E-state index is 14.4. The molecular weight excluding hydrogens is 785 g/mol. The van der Waals surface area contributed by atoms with E-state index in [4.69, 9.17) is 5.11 Å². The summed E-state index contributed by atoms with van der Waals surface area (Å²) in [6.45, 7) is 4.48. The monoisotopic (exact) mass is 819 g/mol. The molecule has 0 spiro atoms. The zero-order valence-corrected chi connectivity index (χ0v) is 27.5. The van der Waals surface area contributed by atoms with Gasteiger partial charge in [-0.1, -0.05) is 61.3 Å². The minimum Gasteiger partial charge on any atom is -0.481 e. The number of carbonyl (C=O) groups excluding carboxylic acids is 2. The quantitative estimate of drug-likeness (QED) is 0.0250. The number of esters is 1. The van der Waals surface area contributed by atoms with Gasteiger partial charge in [0, 0.05) is 29.6 Å². The summed E-state index contributed by atoms with van der Waals surface area (Å²) in [5, 5.41) is 3.88. The van der Waals surface area contributed by atoms with Crippen molar-refractivity contribution < 1.29 is 81.4 Å². The lowest BCUT2D eigenvalue weighted by Crippen LogP contribution is -2.66. The highest BCUT2D eigenvalue weighted by molar-refractivity contribution is 14.1. The van der Waals surface area contributed by atoms with Gasteiger partial charge in [0.15, 0.2) is 0 Å². The highest BCUT2D eigenvalue weighted by atomic mass is 127. The van der Waals surface area contributed by atoms with Gasteiger partial charge in [0.25, 0.3) is 0 Å². The Labute approximate surface area is 273 Å². The van der Waals surface area contributed by atoms with E-state index < -0.39 is 86.4 Å². The van der Waals surface area contributed by atoms with Gasteiger partial charge < -0.3 is 19.9 Å². The summed E-state index contributed by atoms with van der Waals surface area (Å²) in [6, 6.07) is 0. The number of rotatable bonds is 21.